The summed E-state index contributed by atoms with van der Waals surface area (Å²) in [6, 6.07) is 15.2. The predicted molar refractivity (Wildman–Crippen MR) is 87.5 cm³/mol. The number of hydrogen-bond donors (Lipinski definition) is 1. The van der Waals surface area contributed by atoms with Gasteiger partial charge in [0, 0.05) is 11.1 Å². The van der Waals surface area contributed by atoms with Crippen LogP contribution in [0.3, 0.4) is 0 Å². The molecule has 0 aliphatic heterocycles. The van der Waals surface area contributed by atoms with Crippen molar-refractivity contribution < 1.29 is 0 Å². The minimum absolute atomic E-state index is 0.348. The maximum absolute atomic E-state index is 5.95. The van der Waals surface area contributed by atoms with Crippen molar-refractivity contribution >= 4 is 11.6 Å². The van der Waals surface area contributed by atoms with Crippen molar-refractivity contribution in [2.45, 2.75) is 33.2 Å². The minimum Gasteiger partial charge on any atom is -0.310 e. The van der Waals surface area contributed by atoms with Crippen LogP contribution < -0.4 is 5.32 Å². The number of hydrogen-bond acceptors (Lipinski definition) is 1. The lowest BCUT2D eigenvalue weighted by atomic mass is 9.96. The lowest BCUT2D eigenvalue weighted by Gasteiger charge is -2.19. The maximum Gasteiger partial charge on any atom is 0.0406 e. The van der Waals surface area contributed by atoms with Gasteiger partial charge in [-0.2, -0.15) is 0 Å². The third kappa shape index (κ3) is 3.84. The van der Waals surface area contributed by atoms with E-state index in [1.165, 1.54) is 22.3 Å². The van der Waals surface area contributed by atoms with Crippen LogP contribution >= 0.6 is 11.6 Å². The van der Waals surface area contributed by atoms with Gasteiger partial charge in [0.15, 0.2) is 0 Å². The number of rotatable bonds is 5. The smallest absolute Gasteiger partial charge is 0.0406 e. The maximum atomic E-state index is 5.95. The molecule has 2 aromatic rings. The van der Waals surface area contributed by atoms with Gasteiger partial charge >= 0.3 is 0 Å². The van der Waals surface area contributed by atoms with Gasteiger partial charge < -0.3 is 5.32 Å². The molecule has 0 bridgehead atoms. The molecule has 0 saturated carbocycles. The first-order valence-electron chi connectivity index (χ1n) is 7.15. The molecule has 0 aliphatic carbocycles. The van der Waals surface area contributed by atoms with E-state index >= 15 is 0 Å². The van der Waals surface area contributed by atoms with Crippen LogP contribution in [0.1, 0.15) is 35.2 Å². The van der Waals surface area contributed by atoms with Gasteiger partial charge in [-0.1, -0.05) is 48.9 Å². The SMILES string of the molecule is CCNC(Cc1ccc(Cl)cc1)c1ccc(C)c(C)c1. The molecule has 20 heavy (non-hydrogen) atoms. The van der Waals surface area contributed by atoms with E-state index in [4.69, 9.17) is 11.6 Å². The second-order valence-electron chi connectivity index (χ2n) is 5.28. The van der Waals surface area contributed by atoms with Gasteiger partial charge in [0.2, 0.25) is 0 Å². The molecule has 1 unspecified atom stereocenters. The van der Waals surface area contributed by atoms with Crippen molar-refractivity contribution in [3.8, 4) is 0 Å². The van der Waals surface area contributed by atoms with Crippen LogP contribution in [0.5, 0.6) is 0 Å². The predicted octanol–water partition coefficient (Wildman–Crippen LogP) is 4.85. The van der Waals surface area contributed by atoms with E-state index in [1.54, 1.807) is 0 Å². The Balaban J connectivity index is 2.21. The molecule has 0 radical (unpaired) electrons. The Morgan fingerprint density at radius 2 is 1.70 bits per heavy atom. The Kier molecular flexibility index (Phi) is 5.22. The van der Waals surface area contributed by atoms with E-state index in [9.17, 15) is 0 Å². The van der Waals surface area contributed by atoms with E-state index < -0.39 is 0 Å². The average Bonchev–Trinajstić information content (AvgIpc) is 2.44. The monoisotopic (exact) mass is 287 g/mol. The summed E-state index contributed by atoms with van der Waals surface area (Å²) < 4.78 is 0. The van der Waals surface area contributed by atoms with E-state index in [2.05, 4.69) is 56.4 Å². The van der Waals surface area contributed by atoms with Crippen molar-refractivity contribution in [3.63, 3.8) is 0 Å². The molecule has 1 atom stereocenters. The van der Waals surface area contributed by atoms with Gasteiger partial charge in [-0.25, -0.2) is 0 Å². The molecule has 0 fully saturated rings. The summed E-state index contributed by atoms with van der Waals surface area (Å²) in [5.41, 5.74) is 5.35. The molecule has 0 spiro atoms. The van der Waals surface area contributed by atoms with Gasteiger partial charge in [0.05, 0.1) is 0 Å². The van der Waals surface area contributed by atoms with Crippen LogP contribution in [0, 0.1) is 13.8 Å². The first-order valence-corrected chi connectivity index (χ1v) is 7.53. The molecular weight excluding hydrogens is 266 g/mol. The Labute approximate surface area is 127 Å². The van der Waals surface area contributed by atoms with Gasteiger partial charge in [0.25, 0.3) is 0 Å². The second kappa shape index (κ2) is 6.92. The van der Waals surface area contributed by atoms with Crippen molar-refractivity contribution in [2.75, 3.05) is 6.54 Å². The van der Waals surface area contributed by atoms with Crippen LogP contribution in [-0.2, 0) is 6.42 Å². The summed E-state index contributed by atoms with van der Waals surface area (Å²) >= 11 is 5.95. The van der Waals surface area contributed by atoms with Gasteiger partial charge in [-0.05, 0) is 61.2 Å². The Hall–Kier alpha value is -1.31. The van der Waals surface area contributed by atoms with Crippen LogP contribution in [0.4, 0.5) is 0 Å². The zero-order chi connectivity index (χ0) is 14.5. The van der Waals surface area contributed by atoms with Crippen LogP contribution in [0.25, 0.3) is 0 Å². The van der Waals surface area contributed by atoms with E-state index in [-0.39, 0.29) is 0 Å². The third-order valence-electron chi connectivity index (χ3n) is 3.74. The fraction of sp³-hybridized carbons (Fsp3) is 0.333. The van der Waals surface area contributed by atoms with Gasteiger partial charge in [-0.3, -0.25) is 0 Å². The topological polar surface area (TPSA) is 12.0 Å². The Morgan fingerprint density at radius 1 is 1.00 bits per heavy atom. The molecule has 0 aromatic heterocycles. The number of halogens is 1. The fourth-order valence-corrected chi connectivity index (χ4v) is 2.52. The largest absolute Gasteiger partial charge is 0.310 e. The summed E-state index contributed by atoms with van der Waals surface area (Å²) in [7, 11) is 0. The highest BCUT2D eigenvalue weighted by atomic mass is 35.5. The highest BCUT2D eigenvalue weighted by molar-refractivity contribution is 6.30. The van der Waals surface area contributed by atoms with Crippen molar-refractivity contribution in [2.24, 2.45) is 0 Å². The first-order chi connectivity index (χ1) is 9.60. The van der Waals surface area contributed by atoms with Crippen LogP contribution in [0.2, 0.25) is 5.02 Å². The molecule has 1 nitrogen and oxygen atoms in total. The average molecular weight is 288 g/mol. The van der Waals surface area contributed by atoms with Gasteiger partial charge in [-0.15, -0.1) is 0 Å². The first kappa shape index (κ1) is 15.1. The summed E-state index contributed by atoms with van der Waals surface area (Å²) in [5, 5.41) is 4.37. The lowest BCUT2D eigenvalue weighted by molar-refractivity contribution is 0.549. The van der Waals surface area contributed by atoms with E-state index in [0.717, 1.165) is 18.0 Å². The summed E-state index contributed by atoms with van der Waals surface area (Å²) in [4.78, 5) is 0. The zero-order valence-electron chi connectivity index (χ0n) is 12.4. The quantitative estimate of drug-likeness (QED) is 0.829. The molecule has 2 rings (SSSR count). The minimum atomic E-state index is 0.348. The molecule has 2 heteroatoms. The molecular formula is C18H22ClN. The Morgan fingerprint density at radius 3 is 2.30 bits per heavy atom. The number of nitrogens with one attached hydrogen (secondary N) is 1. The highest BCUT2D eigenvalue weighted by Gasteiger charge is 2.11. The van der Waals surface area contributed by atoms with Gasteiger partial charge in [0.1, 0.15) is 0 Å². The number of likely N-dealkylation sites (N-methyl/N-ethyl adjacent to an activating group) is 1. The number of benzene rings is 2. The standard InChI is InChI=1S/C18H22ClN/c1-4-20-18(12-15-6-9-17(19)10-7-15)16-8-5-13(2)14(3)11-16/h5-11,18,20H,4,12H2,1-3H3. The van der Waals surface area contributed by atoms with Crippen molar-refractivity contribution in [1.29, 1.82) is 0 Å². The summed E-state index contributed by atoms with van der Waals surface area (Å²) in [6.07, 6.45) is 0.980. The van der Waals surface area contributed by atoms with Crippen molar-refractivity contribution in [1.82, 2.24) is 5.32 Å². The second-order valence-corrected chi connectivity index (χ2v) is 5.72. The number of aryl methyl sites for hydroxylation is 2. The third-order valence-corrected chi connectivity index (χ3v) is 3.99. The Bertz CT molecular complexity index is 560. The summed E-state index contributed by atoms with van der Waals surface area (Å²) in [5.74, 6) is 0. The van der Waals surface area contributed by atoms with E-state index in [0.29, 0.717) is 6.04 Å². The molecule has 106 valence electrons. The van der Waals surface area contributed by atoms with Crippen LogP contribution in [0.15, 0.2) is 42.5 Å². The lowest BCUT2D eigenvalue weighted by Crippen LogP contribution is -2.23. The summed E-state index contributed by atoms with van der Waals surface area (Å²) in [6.45, 7) is 7.44. The van der Waals surface area contributed by atoms with Crippen molar-refractivity contribution in [3.05, 3.63) is 69.7 Å². The molecule has 0 amide bonds. The van der Waals surface area contributed by atoms with E-state index in [1.807, 2.05) is 12.1 Å². The zero-order valence-corrected chi connectivity index (χ0v) is 13.2. The molecule has 2 aromatic carbocycles. The highest BCUT2D eigenvalue weighted by Crippen LogP contribution is 2.22. The van der Waals surface area contributed by atoms with Crippen LogP contribution in [-0.4, -0.2) is 6.54 Å². The molecule has 0 saturated heterocycles. The molecule has 0 aliphatic rings. The molecule has 0 heterocycles. The fourth-order valence-electron chi connectivity index (χ4n) is 2.39. The molecule has 1 N–H and O–H groups in total. The normalized spacial score (nSPS) is 12.4.